The molecular formula is C22H30O. The lowest BCUT2D eigenvalue weighted by Crippen LogP contribution is -2.03. The molecule has 1 heteroatoms. The van der Waals surface area contributed by atoms with E-state index in [2.05, 4.69) is 52.8 Å². The van der Waals surface area contributed by atoms with E-state index in [1.54, 1.807) is 0 Å². The first-order valence-electron chi connectivity index (χ1n) is 9.04. The fraction of sp³-hybridized carbons (Fsp3) is 0.455. The predicted molar refractivity (Wildman–Crippen MR) is 100 cm³/mol. The van der Waals surface area contributed by atoms with Gasteiger partial charge in [0.05, 0.1) is 0 Å². The van der Waals surface area contributed by atoms with Gasteiger partial charge in [0.15, 0.2) is 0 Å². The van der Waals surface area contributed by atoms with Crippen LogP contribution < -0.4 is 0 Å². The molecule has 1 atom stereocenters. The van der Waals surface area contributed by atoms with Crippen molar-refractivity contribution in [2.24, 2.45) is 0 Å². The normalized spacial score (nSPS) is 12.4. The van der Waals surface area contributed by atoms with Crippen LogP contribution in [0.4, 0.5) is 0 Å². The highest BCUT2D eigenvalue weighted by Crippen LogP contribution is 2.40. The van der Waals surface area contributed by atoms with E-state index in [1.165, 1.54) is 27.8 Å². The number of aryl methyl sites for hydroxylation is 1. The minimum Gasteiger partial charge on any atom is -0.507 e. The number of rotatable bonds is 6. The lowest BCUT2D eigenvalue weighted by Gasteiger charge is -2.22. The summed E-state index contributed by atoms with van der Waals surface area (Å²) < 4.78 is 0. The molecule has 0 aliphatic carbocycles. The largest absolute Gasteiger partial charge is 0.507 e. The number of phenols is 1. The van der Waals surface area contributed by atoms with Crippen molar-refractivity contribution in [2.75, 3.05) is 0 Å². The summed E-state index contributed by atoms with van der Waals surface area (Å²) in [6, 6.07) is 10.4. The highest BCUT2D eigenvalue weighted by atomic mass is 16.3. The van der Waals surface area contributed by atoms with Gasteiger partial charge in [0, 0.05) is 5.56 Å². The van der Waals surface area contributed by atoms with E-state index in [1.807, 2.05) is 12.1 Å². The van der Waals surface area contributed by atoms with Gasteiger partial charge in [-0.25, -0.2) is 0 Å². The van der Waals surface area contributed by atoms with Gasteiger partial charge in [-0.1, -0.05) is 58.9 Å². The van der Waals surface area contributed by atoms with Crippen LogP contribution in [0.25, 0.3) is 11.1 Å². The highest BCUT2D eigenvalue weighted by Gasteiger charge is 2.19. The molecular weight excluding hydrogens is 280 g/mol. The number of benzene rings is 2. The highest BCUT2D eigenvalue weighted by molar-refractivity contribution is 5.78. The van der Waals surface area contributed by atoms with Crippen LogP contribution in [0.15, 0.2) is 30.3 Å². The first-order chi connectivity index (χ1) is 11.1. The zero-order valence-corrected chi connectivity index (χ0v) is 15.2. The van der Waals surface area contributed by atoms with Crippen molar-refractivity contribution < 1.29 is 5.11 Å². The second-order valence-electron chi connectivity index (χ2n) is 6.34. The van der Waals surface area contributed by atoms with Crippen molar-refractivity contribution in [3.63, 3.8) is 0 Å². The summed E-state index contributed by atoms with van der Waals surface area (Å²) in [7, 11) is 0. The van der Waals surface area contributed by atoms with Gasteiger partial charge in [0.1, 0.15) is 5.75 Å². The fourth-order valence-electron chi connectivity index (χ4n) is 3.63. The molecule has 0 aliphatic heterocycles. The van der Waals surface area contributed by atoms with E-state index in [4.69, 9.17) is 0 Å². The quantitative estimate of drug-likeness (QED) is 0.667. The maximum atomic E-state index is 10.6. The number of aromatic hydroxyl groups is 1. The number of phenolic OH excluding ortho intramolecular Hbond substituents is 1. The third-order valence-electron chi connectivity index (χ3n) is 5.10. The van der Waals surface area contributed by atoms with Crippen LogP contribution in [-0.4, -0.2) is 5.11 Å². The Hall–Kier alpha value is -1.76. The fourth-order valence-corrected chi connectivity index (χ4v) is 3.63. The van der Waals surface area contributed by atoms with Gasteiger partial charge in [-0.2, -0.15) is 0 Å². The average Bonchev–Trinajstić information content (AvgIpc) is 2.59. The van der Waals surface area contributed by atoms with Crippen molar-refractivity contribution in [2.45, 2.75) is 66.2 Å². The van der Waals surface area contributed by atoms with Gasteiger partial charge in [-0.15, -0.1) is 0 Å². The third-order valence-corrected chi connectivity index (χ3v) is 5.10. The summed E-state index contributed by atoms with van der Waals surface area (Å²) in [6.45, 7) is 11.1. The molecule has 0 spiro atoms. The van der Waals surface area contributed by atoms with Crippen LogP contribution >= 0.6 is 0 Å². The minimum absolute atomic E-state index is 0.406. The van der Waals surface area contributed by atoms with Gasteiger partial charge < -0.3 is 5.11 Å². The maximum absolute atomic E-state index is 10.6. The van der Waals surface area contributed by atoms with Crippen LogP contribution in [0.5, 0.6) is 5.75 Å². The van der Waals surface area contributed by atoms with Gasteiger partial charge in [0.25, 0.3) is 0 Å². The van der Waals surface area contributed by atoms with E-state index in [9.17, 15) is 5.11 Å². The van der Waals surface area contributed by atoms with Crippen molar-refractivity contribution in [3.05, 3.63) is 52.6 Å². The maximum Gasteiger partial charge on any atom is 0.123 e. The molecule has 0 heterocycles. The minimum atomic E-state index is 0.406. The Morgan fingerprint density at radius 3 is 2.13 bits per heavy atom. The van der Waals surface area contributed by atoms with E-state index in [-0.39, 0.29) is 0 Å². The van der Waals surface area contributed by atoms with Crippen LogP contribution in [-0.2, 0) is 19.3 Å². The summed E-state index contributed by atoms with van der Waals surface area (Å²) in [5, 5.41) is 10.6. The molecule has 1 nitrogen and oxygen atoms in total. The topological polar surface area (TPSA) is 20.2 Å². The third kappa shape index (κ3) is 3.29. The Balaban J connectivity index is 2.77. The van der Waals surface area contributed by atoms with E-state index < -0.39 is 0 Å². The molecule has 23 heavy (non-hydrogen) atoms. The molecule has 0 saturated heterocycles. The molecule has 0 aliphatic rings. The smallest absolute Gasteiger partial charge is 0.123 e. The Bertz CT molecular complexity index is 670. The molecule has 0 aromatic heterocycles. The second-order valence-corrected chi connectivity index (χ2v) is 6.34. The summed E-state index contributed by atoms with van der Waals surface area (Å²) in [5.41, 5.74) is 7.82. The van der Waals surface area contributed by atoms with Crippen LogP contribution in [0.1, 0.15) is 69.2 Å². The zero-order chi connectivity index (χ0) is 17.0. The monoisotopic (exact) mass is 310 g/mol. The van der Waals surface area contributed by atoms with Gasteiger partial charge in [-0.05, 0) is 65.5 Å². The van der Waals surface area contributed by atoms with E-state index >= 15 is 0 Å². The Kier molecular flexibility index (Phi) is 5.87. The molecule has 1 N–H and O–H groups in total. The number of hydrogen-bond acceptors (Lipinski definition) is 1. The molecule has 0 fully saturated rings. The van der Waals surface area contributed by atoms with Crippen molar-refractivity contribution in [1.82, 2.24) is 0 Å². The molecule has 0 saturated carbocycles. The molecule has 0 radical (unpaired) electrons. The molecule has 2 aromatic rings. The van der Waals surface area contributed by atoms with Crippen LogP contribution in [0.3, 0.4) is 0 Å². The van der Waals surface area contributed by atoms with E-state index in [0.717, 1.165) is 31.2 Å². The second kappa shape index (κ2) is 7.68. The Labute approximate surface area is 141 Å². The zero-order valence-electron chi connectivity index (χ0n) is 15.2. The molecule has 1 unspecified atom stereocenters. The van der Waals surface area contributed by atoms with Crippen LogP contribution in [0.2, 0.25) is 0 Å². The first-order valence-corrected chi connectivity index (χ1v) is 9.04. The SMILES string of the molecule is CCc1ccc(-c2c(O)cccc2C(C)CC)c(CC)c1CC. The molecule has 2 rings (SSSR count). The lowest BCUT2D eigenvalue weighted by molar-refractivity contribution is 0.476. The van der Waals surface area contributed by atoms with Crippen molar-refractivity contribution in [1.29, 1.82) is 0 Å². The summed E-state index contributed by atoms with van der Waals surface area (Å²) in [5.74, 6) is 0.849. The van der Waals surface area contributed by atoms with Crippen LogP contribution in [0, 0.1) is 0 Å². The molecule has 0 amide bonds. The molecule has 124 valence electrons. The van der Waals surface area contributed by atoms with E-state index in [0.29, 0.717) is 11.7 Å². The molecule has 0 bridgehead atoms. The lowest BCUT2D eigenvalue weighted by atomic mass is 9.83. The Morgan fingerprint density at radius 1 is 0.870 bits per heavy atom. The first kappa shape index (κ1) is 17.6. The summed E-state index contributed by atoms with van der Waals surface area (Å²) in [4.78, 5) is 0. The average molecular weight is 310 g/mol. The summed E-state index contributed by atoms with van der Waals surface area (Å²) >= 11 is 0. The Morgan fingerprint density at radius 2 is 1.57 bits per heavy atom. The predicted octanol–water partition coefficient (Wildman–Crippen LogP) is 6.26. The van der Waals surface area contributed by atoms with Crippen molar-refractivity contribution >= 4 is 0 Å². The van der Waals surface area contributed by atoms with Gasteiger partial charge in [0.2, 0.25) is 0 Å². The molecule has 2 aromatic carbocycles. The summed E-state index contributed by atoms with van der Waals surface area (Å²) in [6.07, 6.45) is 4.19. The van der Waals surface area contributed by atoms with Gasteiger partial charge in [-0.3, -0.25) is 0 Å². The standard InChI is InChI=1S/C22H30O/c1-6-15(5)19-11-10-12-21(23)22(19)20-14-13-16(7-2)17(8-3)18(20)9-4/h10-15,23H,6-9H2,1-5H3. The number of hydrogen-bond donors (Lipinski definition) is 1. The van der Waals surface area contributed by atoms with Gasteiger partial charge >= 0.3 is 0 Å². The van der Waals surface area contributed by atoms with Crippen molar-refractivity contribution in [3.8, 4) is 16.9 Å².